The Bertz CT molecular complexity index is 1450. The number of halogens is 15. The summed E-state index contributed by atoms with van der Waals surface area (Å²) in [5.74, 6) is -45.0. The summed E-state index contributed by atoms with van der Waals surface area (Å²) in [4.78, 5) is 0. The van der Waals surface area contributed by atoms with E-state index < -0.39 is 118 Å². The van der Waals surface area contributed by atoms with Gasteiger partial charge >= 0.3 is 0 Å². The largest absolute Gasteiger partial charge is 0.292 e. The third kappa shape index (κ3) is 3.80. The van der Waals surface area contributed by atoms with Crippen LogP contribution in [0.1, 0.15) is 0 Å². The first-order valence-electron chi connectivity index (χ1n) is 10.4. The fourth-order valence-corrected chi connectivity index (χ4v) is 10.4. The van der Waals surface area contributed by atoms with Crippen molar-refractivity contribution in [1.82, 2.24) is 0 Å². The van der Waals surface area contributed by atoms with Crippen LogP contribution in [0.4, 0.5) is 65.9 Å². The summed E-state index contributed by atoms with van der Waals surface area (Å²) < 4.78 is 211. The highest BCUT2D eigenvalue weighted by Crippen LogP contribution is 2.28. The maximum absolute atomic E-state index is 15.3. The molecule has 0 fully saturated rings. The predicted molar refractivity (Wildman–Crippen MR) is 109 cm³/mol. The van der Waals surface area contributed by atoms with Crippen molar-refractivity contribution in [2.45, 2.75) is 0 Å². The number of hydrogen-bond acceptors (Lipinski definition) is 0. The highest BCUT2D eigenvalue weighted by Gasteiger charge is 2.52. The van der Waals surface area contributed by atoms with Gasteiger partial charge in [0.25, 0.3) is 13.1 Å². The maximum Gasteiger partial charge on any atom is 0.292 e. The van der Waals surface area contributed by atoms with Crippen LogP contribution in [0.2, 0.25) is 0 Å². The van der Waals surface area contributed by atoms with Crippen LogP contribution in [0.5, 0.6) is 0 Å². The number of rotatable bonds is 4. The van der Waals surface area contributed by atoms with Gasteiger partial charge in [0.05, 0.1) is 0 Å². The van der Waals surface area contributed by atoms with Crippen molar-refractivity contribution in [1.29, 1.82) is 0 Å². The molecule has 4 aromatic rings. The van der Waals surface area contributed by atoms with Gasteiger partial charge in [0.2, 0.25) is 0 Å². The second kappa shape index (κ2) is 10.1. The fourth-order valence-electron chi connectivity index (χ4n) is 4.68. The van der Waals surface area contributed by atoms with Crippen LogP contribution in [0.15, 0.2) is 30.3 Å². The normalized spacial score (nSPS) is 11.9. The zero-order valence-electron chi connectivity index (χ0n) is 18.6. The molecule has 0 heterocycles. The molecule has 0 bridgehead atoms. The van der Waals surface area contributed by atoms with Gasteiger partial charge in [-0.05, 0) is 0 Å². The van der Waals surface area contributed by atoms with Crippen molar-refractivity contribution >= 4 is 30.8 Å². The quantitative estimate of drug-likeness (QED) is 0.131. The van der Waals surface area contributed by atoms with Gasteiger partial charge in [-0.1, -0.05) is 18.2 Å². The maximum atomic E-state index is 15.3. The molecule has 0 nitrogen and oxygen atoms in total. The van der Waals surface area contributed by atoms with E-state index in [-0.39, 0.29) is 0 Å². The van der Waals surface area contributed by atoms with Gasteiger partial charge in [0, 0.05) is 0 Å². The first-order chi connectivity index (χ1) is 18.6. The molecule has 40 heavy (non-hydrogen) atoms. The molecule has 16 heteroatoms. The SMILES string of the molecule is Fc1c(F)c(F)[c]([Al-]([c]2ccccc2)([c]2c(F)c(F)c(F)c(F)c2F)[c]2c(F)c(F)c(F)c(F)c2F)c(F)c1F. The summed E-state index contributed by atoms with van der Waals surface area (Å²) in [5, 5.41) is 0. The Morgan fingerprint density at radius 1 is 0.275 bits per heavy atom. The summed E-state index contributed by atoms with van der Waals surface area (Å²) in [5.41, 5.74) is 0. The van der Waals surface area contributed by atoms with Crippen LogP contribution < -0.4 is 17.7 Å². The molecular formula is C24H5AlF15-. The van der Waals surface area contributed by atoms with Crippen LogP contribution in [0, 0.1) is 87.3 Å². The van der Waals surface area contributed by atoms with E-state index in [1.54, 1.807) is 0 Å². The zero-order chi connectivity index (χ0) is 30.0. The average Bonchev–Trinajstić information content (AvgIpc) is 2.95. The van der Waals surface area contributed by atoms with E-state index >= 15 is 26.3 Å². The minimum Gasteiger partial charge on any atom is -0.217 e. The van der Waals surface area contributed by atoms with Gasteiger partial charge in [-0.25, -0.2) is 70.3 Å². The standard InChI is InChI=1S/3C6F5.C6H5.Al/c3*7-2-1-3(8)5(10)6(11)4(2)9;1-2-4-6-5-3-1;/h;;;1-5H;/q;;;;-1. The lowest BCUT2D eigenvalue weighted by Gasteiger charge is -2.41. The van der Waals surface area contributed by atoms with Crippen LogP contribution in [-0.2, 0) is 0 Å². The Hall–Kier alpha value is -3.64. The van der Waals surface area contributed by atoms with Crippen LogP contribution in [-0.4, -0.2) is 13.1 Å². The van der Waals surface area contributed by atoms with E-state index in [9.17, 15) is 39.5 Å². The molecule has 0 spiro atoms. The molecule has 0 amide bonds. The van der Waals surface area contributed by atoms with E-state index in [1.807, 2.05) is 0 Å². The molecule has 4 rings (SSSR count). The molecule has 0 aromatic heterocycles. The zero-order valence-corrected chi connectivity index (χ0v) is 19.8. The molecule has 0 saturated heterocycles. The van der Waals surface area contributed by atoms with E-state index in [2.05, 4.69) is 0 Å². The Morgan fingerprint density at radius 2 is 0.475 bits per heavy atom. The third-order valence-electron chi connectivity index (χ3n) is 6.33. The summed E-state index contributed by atoms with van der Waals surface area (Å²) in [7, 11) is 0. The number of benzene rings is 4. The lowest BCUT2D eigenvalue weighted by Crippen LogP contribution is -2.79. The third-order valence-corrected chi connectivity index (χ3v) is 11.8. The lowest BCUT2D eigenvalue weighted by atomic mass is 10.2. The van der Waals surface area contributed by atoms with Crippen LogP contribution in [0.3, 0.4) is 0 Å². The second-order valence-electron chi connectivity index (χ2n) is 8.23. The first kappa shape index (κ1) is 29.3. The van der Waals surface area contributed by atoms with Gasteiger partial charge < -0.3 is 0 Å². The van der Waals surface area contributed by atoms with Crippen LogP contribution in [0.25, 0.3) is 0 Å². The van der Waals surface area contributed by atoms with E-state index in [0.717, 1.165) is 18.2 Å². The fraction of sp³-hybridized carbons (Fsp3) is 0. The molecule has 0 radical (unpaired) electrons. The molecule has 210 valence electrons. The van der Waals surface area contributed by atoms with Gasteiger partial charge in [-0.3, -0.25) is 0 Å². The van der Waals surface area contributed by atoms with E-state index in [0.29, 0.717) is 12.1 Å². The highest BCUT2D eigenvalue weighted by molar-refractivity contribution is 7.20. The molecule has 0 unspecified atom stereocenters. The van der Waals surface area contributed by atoms with E-state index in [4.69, 9.17) is 0 Å². The topological polar surface area (TPSA) is 0 Å². The van der Waals surface area contributed by atoms with Crippen molar-refractivity contribution < 1.29 is 65.9 Å². The van der Waals surface area contributed by atoms with Gasteiger partial charge in [-0.15, -0.1) is 25.4 Å². The summed E-state index contributed by atoms with van der Waals surface area (Å²) >= 11 is -7.49. The summed E-state index contributed by atoms with van der Waals surface area (Å²) in [6, 6.07) is 3.41. The van der Waals surface area contributed by atoms with Crippen molar-refractivity contribution in [3.8, 4) is 0 Å². The molecule has 0 aliphatic heterocycles. The van der Waals surface area contributed by atoms with Gasteiger partial charge in [0.15, 0.2) is 52.4 Å². The molecule has 0 atom stereocenters. The highest BCUT2D eigenvalue weighted by atomic mass is 27.2. The van der Waals surface area contributed by atoms with Gasteiger partial charge in [-0.2, -0.15) is 0 Å². The smallest absolute Gasteiger partial charge is 0.217 e. The Kier molecular flexibility index (Phi) is 7.40. The Labute approximate surface area is 214 Å². The molecule has 0 aliphatic rings. The first-order valence-corrected chi connectivity index (χ1v) is 12.7. The Morgan fingerprint density at radius 3 is 0.700 bits per heavy atom. The summed E-state index contributed by atoms with van der Waals surface area (Å²) in [6.07, 6.45) is 0. The van der Waals surface area contributed by atoms with Crippen molar-refractivity contribution in [2.75, 3.05) is 0 Å². The lowest BCUT2D eigenvalue weighted by molar-refractivity contribution is 0.380. The predicted octanol–water partition coefficient (Wildman–Crippen LogP) is 5.15. The minimum atomic E-state index is -7.49. The Balaban J connectivity index is 2.55. The molecule has 0 aliphatic carbocycles. The molecule has 4 aromatic carbocycles. The molecule has 0 N–H and O–H groups in total. The second-order valence-corrected chi connectivity index (χ2v) is 12.4. The van der Waals surface area contributed by atoms with Crippen molar-refractivity contribution in [3.05, 3.63) is 118 Å². The van der Waals surface area contributed by atoms with Gasteiger partial charge in [0.1, 0.15) is 34.9 Å². The van der Waals surface area contributed by atoms with Crippen LogP contribution >= 0.6 is 0 Å². The molecule has 0 saturated carbocycles. The van der Waals surface area contributed by atoms with Crippen molar-refractivity contribution in [2.24, 2.45) is 0 Å². The monoisotopic (exact) mass is 605 g/mol. The van der Waals surface area contributed by atoms with Crippen molar-refractivity contribution in [3.63, 3.8) is 0 Å². The summed E-state index contributed by atoms with van der Waals surface area (Å²) in [6.45, 7) is 0. The average molecular weight is 605 g/mol. The number of hydrogen-bond donors (Lipinski definition) is 0. The molecular weight excluding hydrogens is 600 g/mol. The van der Waals surface area contributed by atoms with E-state index in [1.165, 1.54) is 0 Å². The minimum absolute atomic E-state index is 0.443.